The van der Waals surface area contributed by atoms with Crippen molar-refractivity contribution in [2.75, 3.05) is 12.4 Å². The molecule has 3 aromatic rings. The zero-order valence-electron chi connectivity index (χ0n) is 16.0. The molecular weight excluding hydrogens is 352 g/mol. The van der Waals surface area contributed by atoms with Gasteiger partial charge in [-0.1, -0.05) is 54.1 Å². The highest BCUT2D eigenvalue weighted by Gasteiger charge is 2.16. The number of aromatic hydroxyl groups is 1. The molecule has 0 bridgehead atoms. The zero-order chi connectivity index (χ0) is 19.9. The molecule has 0 spiro atoms. The Morgan fingerprint density at radius 3 is 2.43 bits per heavy atom. The number of rotatable bonds is 6. The van der Waals surface area contributed by atoms with Crippen LogP contribution in [0.5, 0.6) is 11.5 Å². The lowest BCUT2D eigenvalue weighted by Crippen LogP contribution is -2.33. The van der Waals surface area contributed by atoms with Gasteiger partial charge in [0.2, 0.25) is 0 Å². The number of carbonyl (C=O) groups is 1. The summed E-state index contributed by atoms with van der Waals surface area (Å²) in [5, 5.41) is 15.7. The summed E-state index contributed by atoms with van der Waals surface area (Å²) in [5.74, 6) is 0.501. The first-order valence-corrected chi connectivity index (χ1v) is 9.10. The molecule has 0 aromatic heterocycles. The Labute approximate surface area is 165 Å². The van der Waals surface area contributed by atoms with E-state index in [1.54, 1.807) is 12.1 Å². The number of phenols is 1. The standard InChI is InChI=1S/C23H24N2O3/c1-16-8-11-19(12-9-16)24-23(27)25-20(18-6-4-3-5-7-18)14-17-10-13-21(26)22(15-17)28-2/h3-13,15,20,26H,14H2,1-2H3,(H2,24,25,27). The largest absolute Gasteiger partial charge is 0.504 e. The van der Waals surface area contributed by atoms with Crippen molar-refractivity contribution in [3.8, 4) is 11.5 Å². The summed E-state index contributed by atoms with van der Waals surface area (Å²) in [5.41, 5.74) is 3.81. The van der Waals surface area contributed by atoms with Crippen molar-refractivity contribution in [2.45, 2.75) is 19.4 Å². The topological polar surface area (TPSA) is 70.6 Å². The number of phenolic OH excluding ortho intramolecular Hbond substituents is 1. The van der Waals surface area contributed by atoms with Gasteiger partial charge in [0, 0.05) is 5.69 Å². The molecule has 0 saturated carbocycles. The third-order valence-corrected chi connectivity index (χ3v) is 4.50. The van der Waals surface area contributed by atoms with E-state index in [-0.39, 0.29) is 17.8 Å². The molecule has 1 atom stereocenters. The van der Waals surface area contributed by atoms with Crippen LogP contribution in [0.4, 0.5) is 10.5 Å². The molecule has 0 aliphatic rings. The smallest absolute Gasteiger partial charge is 0.319 e. The molecule has 3 rings (SSSR count). The van der Waals surface area contributed by atoms with Crippen LogP contribution in [-0.4, -0.2) is 18.2 Å². The SMILES string of the molecule is COc1cc(CC(NC(=O)Nc2ccc(C)cc2)c2ccccc2)ccc1O. The van der Waals surface area contributed by atoms with Gasteiger partial charge < -0.3 is 20.5 Å². The quantitative estimate of drug-likeness (QED) is 0.578. The van der Waals surface area contributed by atoms with Gasteiger partial charge >= 0.3 is 6.03 Å². The van der Waals surface area contributed by atoms with Crippen molar-refractivity contribution in [1.29, 1.82) is 0 Å². The Kier molecular flexibility index (Phi) is 6.17. The molecule has 0 heterocycles. The lowest BCUT2D eigenvalue weighted by atomic mass is 9.98. The number of ether oxygens (including phenoxy) is 1. The van der Waals surface area contributed by atoms with Gasteiger partial charge in [-0.3, -0.25) is 0 Å². The predicted octanol–water partition coefficient (Wildman–Crippen LogP) is 4.81. The Bertz CT molecular complexity index is 924. The van der Waals surface area contributed by atoms with Crippen molar-refractivity contribution < 1.29 is 14.6 Å². The predicted molar refractivity (Wildman–Crippen MR) is 111 cm³/mol. The highest BCUT2D eigenvalue weighted by molar-refractivity contribution is 5.89. The Hall–Kier alpha value is -3.47. The van der Waals surface area contributed by atoms with Gasteiger partial charge in [0.1, 0.15) is 0 Å². The van der Waals surface area contributed by atoms with Gasteiger partial charge in [-0.2, -0.15) is 0 Å². The minimum Gasteiger partial charge on any atom is -0.504 e. The highest BCUT2D eigenvalue weighted by atomic mass is 16.5. The second kappa shape index (κ2) is 8.95. The van der Waals surface area contributed by atoms with Gasteiger partial charge in [-0.15, -0.1) is 0 Å². The average molecular weight is 376 g/mol. The number of methoxy groups -OCH3 is 1. The molecule has 3 aromatic carbocycles. The normalized spacial score (nSPS) is 11.5. The number of carbonyl (C=O) groups excluding carboxylic acids is 1. The second-order valence-corrected chi connectivity index (χ2v) is 6.64. The van der Waals surface area contributed by atoms with Crippen LogP contribution >= 0.6 is 0 Å². The first-order valence-electron chi connectivity index (χ1n) is 9.10. The van der Waals surface area contributed by atoms with Crippen LogP contribution in [0.2, 0.25) is 0 Å². The molecule has 5 nitrogen and oxygen atoms in total. The number of amides is 2. The minimum atomic E-state index is -0.275. The van der Waals surface area contributed by atoms with Gasteiger partial charge in [-0.05, 0) is 48.7 Å². The fourth-order valence-electron chi connectivity index (χ4n) is 2.98. The fourth-order valence-corrected chi connectivity index (χ4v) is 2.98. The van der Waals surface area contributed by atoms with E-state index in [1.807, 2.05) is 67.6 Å². The summed E-state index contributed by atoms with van der Waals surface area (Å²) in [6.07, 6.45) is 0.558. The maximum atomic E-state index is 12.6. The summed E-state index contributed by atoms with van der Waals surface area (Å²) in [7, 11) is 1.51. The van der Waals surface area contributed by atoms with Gasteiger partial charge in [0.15, 0.2) is 11.5 Å². The van der Waals surface area contributed by atoms with Gasteiger partial charge in [0.05, 0.1) is 13.2 Å². The monoisotopic (exact) mass is 376 g/mol. The van der Waals surface area contributed by atoms with Crippen molar-refractivity contribution in [2.24, 2.45) is 0 Å². The van der Waals surface area contributed by atoms with Crippen molar-refractivity contribution >= 4 is 11.7 Å². The van der Waals surface area contributed by atoms with Crippen LogP contribution in [0, 0.1) is 6.92 Å². The lowest BCUT2D eigenvalue weighted by molar-refractivity contribution is 0.248. The molecule has 0 aliphatic heterocycles. The third kappa shape index (κ3) is 5.04. The maximum absolute atomic E-state index is 12.6. The summed E-state index contributed by atoms with van der Waals surface area (Å²) < 4.78 is 5.19. The molecule has 2 amide bonds. The number of nitrogens with one attached hydrogen (secondary N) is 2. The first-order chi connectivity index (χ1) is 13.5. The van der Waals surface area contributed by atoms with E-state index < -0.39 is 0 Å². The summed E-state index contributed by atoms with van der Waals surface area (Å²) >= 11 is 0. The van der Waals surface area contributed by atoms with E-state index in [2.05, 4.69) is 10.6 Å². The van der Waals surface area contributed by atoms with Crippen molar-refractivity contribution in [1.82, 2.24) is 5.32 Å². The fraction of sp³-hybridized carbons (Fsp3) is 0.174. The van der Waals surface area contributed by atoms with Crippen LogP contribution in [0.15, 0.2) is 72.8 Å². The second-order valence-electron chi connectivity index (χ2n) is 6.64. The molecular formula is C23H24N2O3. The molecule has 0 fully saturated rings. The third-order valence-electron chi connectivity index (χ3n) is 4.50. The summed E-state index contributed by atoms with van der Waals surface area (Å²) in [6, 6.07) is 22.1. The molecule has 0 saturated heterocycles. The van der Waals surface area contributed by atoms with E-state index >= 15 is 0 Å². The molecule has 0 aliphatic carbocycles. The molecule has 144 valence electrons. The van der Waals surface area contributed by atoms with E-state index in [1.165, 1.54) is 7.11 Å². The number of hydrogen-bond acceptors (Lipinski definition) is 3. The van der Waals surface area contributed by atoms with Crippen LogP contribution in [0.3, 0.4) is 0 Å². The summed E-state index contributed by atoms with van der Waals surface area (Å²) in [6.45, 7) is 2.00. The number of hydrogen-bond donors (Lipinski definition) is 3. The zero-order valence-corrected chi connectivity index (χ0v) is 16.0. The number of aryl methyl sites for hydroxylation is 1. The molecule has 0 radical (unpaired) electrons. The number of urea groups is 1. The van der Waals surface area contributed by atoms with E-state index in [4.69, 9.17) is 4.74 Å². The Morgan fingerprint density at radius 2 is 1.75 bits per heavy atom. The van der Waals surface area contributed by atoms with Crippen molar-refractivity contribution in [3.63, 3.8) is 0 Å². The molecule has 3 N–H and O–H groups in total. The maximum Gasteiger partial charge on any atom is 0.319 e. The van der Waals surface area contributed by atoms with E-state index in [0.717, 1.165) is 22.4 Å². The van der Waals surface area contributed by atoms with Crippen LogP contribution in [0.25, 0.3) is 0 Å². The van der Waals surface area contributed by atoms with Crippen LogP contribution in [0.1, 0.15) is 22.7 Å². The average Bonchev–Trinajstić information content (AvgIpc) is 2.71. The van der Waals surface area contributed by atoms with E-state index in [0.29, 0.717) is 12.2 Å². The van der Waals surface area contributed by atoms with Crippen LogP contribution < -0.4 is 15.4 Å². The number of anilines is 1. The molecule has 1 unspecified atom stereocenters. The summed E-state index contributed by atoms with van der Waals surface area (Å²) in [4.78, 5) is 12.6. The van der Waals surface area contributed by atoms with Crippen LogP contribution in [-0.2, 0) is 6.42 Å². The molecule has 5 heteroatoms. The van der Waals surface area contributed by atoms with E-state index in [9.17, 15) is 9.90 Å². The van der Waals surface area contributed by atoms with Crippen molar-refractivity contribution in [3.05, 3.63) is 89.5 Å². The van der Waals surface area contributed by atoms with Gasteiger partial charge in [-0.25, -0.2) is 4.79 Å². The Balaban J connectivity index is 1.77. The minimum absolute atomic E-state index is 0.0904. The number of benzene rings is 3. The molecule has 28 heavy (non-hydrogen) atoms. The first kappa shape index (κ1) is 19.3. The highest BCUT2D eigenvalue weighted by Crippen LogP contribution is 2.28. The Morgan fingerprint density at radius 1 is 1.04 bits per heavy atom. The van der Waals surface area contributed by atoms with Gasteiger partial charge in [0.25, 0.3) is 0 Å². The lowest BCUT2D eigenvalue weighted by Gasteiger charge is -2.20.